The Hall–Kier alpha value is -3.17. The number of nitrogens with zero attached hydrogens (tertiary/aromatic N) is 4. The number of halogens is 1. The number of aromatic nitrogens is 3. The lowest BCUT2D eigenvalue weighted by molar-refractivity contribution is 0.0595. The maximum absolute atomic E-state index is 12.2. The Morgan fingerprint density at radius 3 is 2.94 bits per heavy atom. The van der Waals surface area contributed by atoms with E-state index in [-0.39, 0.29) is 22.9 Å². The second-order valence-corrected chi connectivity index (χ2v) is 8.58. The molecule has 0 aliphatic carbocycles. The van der Waals surface area contributed by atoms with Gasteiger partial charge in [-0.2, -0.15) is 0 Å². The first-order valence-corrected chi connectivity index (χ1v) is 11.1. The molecule has 5 rings (SSSR count). The molecule has 0 amide bonds. The highest BCUT2D eigenvalue weighted by molar-refractivity contribution is 6.29. The van der Waals surface area contributed by atoms with Crippen LogP contribution in [0.25, 0.3) is 11.0 Å². The zero-order chi connectivity index (χ0) is 23.1. The van der Waals surface area contributed by atoms with E-state index >= 15 is 0 Å². The van der Waals surface area contributed by atoms with E-state index < -0.39 is 5.97 Å². The van der Waals surface area contributed by atoms with Crippen LogP contribution in [0.1, 0.15) is 34.6 Å². The summed E-state index contributed by atoms with van der Waals surface area (Å²) in [4.78, 5) is 28.4. The Morgan fingerprint density at radius 1 is 1.27 bits per heavy atom. The van der Waals surface area contributed by atoms with Crippen LogP contribution in [0, 0.1) is 6.92 Å². The molecule has 9 nitrogen and oxygen atoms in total. The maximum atomic E-state index is 12.2. The fourth-order valence-electron chi connectivity index (χ4n) is 4.28. The molecule has 1 aromatic carbocycles. The van der Waals surface area contributed by atoms with Crippen LogP contribution in [0.2, 0.25) is 5.15 Å². The summed E-state index contributed by atoms with van der Waals surface area (Å²) < 4.78 is 16.4. The SMILES string of the molecule is COC(=O)c1nc(Cl)ccc1N[C@H](C)c1cc(C)cc2nc3c(nc12)OC[C@@H]1COCCN31. The lowest BCUT2D eigenvalue weighted by atomic mass is 10.0. The largest absolute Gasteiger partial charge is 0.473 e. The molecule has 0 unspecified atom stereocenters. The summed E-state index contributed by atoms with van der Waals surface area (Å²) in [7, 11) is 1.31. The first-order valence-electron chi connectivity index (χ1n) is 10.8. The standard InChI is InChI=1S/C23H24ClN5O4/c1-12-8-15(13(2)25-16-4-5-18(24)27-20(16)23(30)31-3)19-17(9-12)26-21-22(28-19)33-11-14-10-32-7-6-29(14)21/h4-5,8-9,13-14,25H,6-7,10-11H2,1-3H3/t13-,14+/m1/s1. The van der Waals surface area contributed by atoms with Crippen molar-refractivity contribution in [1.29, 1.82) is 0 Å². The Kier molecular flexibility index (Phi) is 5.67. The van der Waals surface area contributed by atoms with Gasteiger partial charge in [-0.3, -0.25) is 0 Å². The van der Waals surface area contributed by atoms with Crippen molar-refractivity contribution in [3.63, 3.8) is 0 Å². The predicted molar refractivity (Wildman–Crippen MR) is 124 cm³/mol. The van der Waals surface area contributed by atoms with Crippen molar-refractivity contribution in [3.8, 4) is 5.88 Å². The van der Waals surface area contributed by atoms with Crippen molar-refractivity contribution >= 4 is 40.1 Å². The van der Waals surface area contributed by atoms with Crippen LogP contribution >= 0.6 is 11.6 Å². The minimum atomic E-state index is -0.566. The van der Waals surface area contributed by atoms with Crippen LogP contribution in [0.4, 0.5) is 11.5 Å². The Labute approximate surface area is 196 Å². The number of fused-ring (bicyclic) bond motifs is 4. The number of anilines is 2. The lowest BCUT2D eigenvalue weighted by Gasteiger charge is -2.39. The topological polar surface area (TPSA) is 98.7 Å². The van der Waals surface area contributed by atoms with E-state index in [1.165, 1.54) is 7.11 Å². The molecule has 1 fully saturated rings. The minimum absolute atomic E-state index is 0.124. The van der Waals surface area contributed by atoms with Crippen molar-refractivity contribution in [1.82, 2.24) is 15.0 Å². The van der Waals surface area contributed by atoms with Gasteiger partial charge in [-0.15, -0.1) is 0 Å². The summed E-state index contributed by atoms with van der Waals surface area (Å²) in [5.74, 6) is 0.721. The molecule has 0 spiro atoms. The number of carbonyl (C=O) groups excluding carboxylic acids is 1. The average Bonchev–Trinajstić information content (AvgIpc) is 2.82. The third kappa shape index (κ3) is 4.02. The van der Waals surface area contributed by atoms with Gasteiger partial charge in [0.2, 0.25) is 0 Å². The predicted octanol–water partition coefficient (Wildman–Crippen LogP) is 3.54. The fraction of sp³-hybridized carbons (Fsp3) is 0.391. The maximum Gasteiger partial charge on any atom is 0.358 e. The van der Waals surface area contributed by atoms with Crippen LogP contribution in [-0.2, 0) is 9.47 Å². The number of esters is 1. The molecule has 4 heterocycles. The number of hydrogen-bond acceptors (Lipinski definition) is 9. The number of ether oxygens (including phenoxy) is 3. The zero-order valence-corrected chi connectivity index (χ0v) is 19.3. The van der Waals surface area contributed by atoms with Gasteiger partial charge in [0.15, 0.2) is 11.5 Å². The highest BCUT2D eigenvalue weighted by Gasteiger charge is 2.33. The number of benzene rings is 1. The molecule has 0 radical (unpaired) electrons. The second kappa shape index (κ2) is 8.64. The molecule has 1 saturated heterocycles. The quantitative estimate of drug-likeness (QED) is 0.454. The van der Waals surface area contributed by atoms with Crippen molar-refractivity contribution in [2.24, 2.45) is 0 Å². The van der Waals surface area contributed by atoms with E-state index in [1.54, 1.807) is 12.1 Å². The number of rotatable bonds is 4. The number of pyridine rings is 1. The number of hydrogen-bond donors (Lipinski definition) is 1. The van der Waals surface area contributed by atoms with Crippen LogP contribution in [0.3, 0.4) is 0 Å². The van der Waals surface area contributed by atoms with Crippen LogP contribution in [0.15, 0.2) is 24.3 Å². The molecule has 33 heavy (non-hydrogen) atoms. The summed E-state index contributed by atoms with van der Waals surface area (Å²) in [6.07, 6.45) is 0. The molecule has 2 aromatic heterocycles. The molecular weight excluding hydrogens is 446 g/mol. The van der Waals surface area contributed by atoms with Crippen LogP contribution in [0.5, 0.6) is 5.88 Å². The van der Waals surface area contributed by atoms with Gasteiger partial charge in [0.05, 0.1) is 49.1 Å². The number of methoxy groups -OCH3 is 1. The van der Waals surface area contributed by atoms with Crippen molar-refractivity contribution in [3.05, 3.63) is 46.2 Å². The van der Waals surface area contributed by atoms with Gasteiger partial charge in [0, 0.05) is 12.1 Å². The monoisotopic (exact) mass is 469 g/mol. The second-order valence-electron chi connectivity index (χ2n) is 8.20. The summed E-state index contributed by atoms with van der Waals surface area (Å²) in [5.41, 5.74) is 4.16. The van der Waals surface area contributed by atoms with Gasteiger partial charge in [0.1, 0.15) is 11.8 Å². The van der Waals surface area contributed by atoms with Gasteiger partial charge >= 0.3 is 5.97 Å². The molecule has 1 N–H and O–H groups in total. The summed E-state index contributed by atoms with van der Waals surface area (Å²) in [5, 5.41) is 3.57. The van der Waals surface area contributed by atoms with Gasteiger partial charge in [-0.1, -0.05) is 17.7 Å². The fourth-order valence-corrected chi connectivity index (χ4v) is 4.43. The summed E-state index contributed by atoms with van der Waals surface area (Å²) >= 11 is 6.00. The van der Waals surface area contributed by atoms with Crippen molar-refractivity contribution < 1.29 is 19.0 Å². The first-order chi connectivity index (χ1) is 15.9. The molecule has 2 atom stereocenters. The highest BCUT2D eigenvalue weighted by atomic mass is 35.5. The molecule has 0 saturated carbocycles. The first kappa shape index (κ1) is 21.7. The molecule has 2 aliphatic heterocycles. The molecule has 172 valence electrons. The minimum Gasteiger partial charge on any atom is -0.473 e. The Morgan fingerprint density at radius 2 is 2.12 bits per heavy atom. The highest BCUT2D eigenvalue weighted by Crippen LogP contribution is 2.36. The molecule has 3 aromatic rings. The van der Waals surface area contributed by atoms with Gasteiger partial charge in [-0.25, -0.2) is 19.7 Å². The van der Waals surface area contributed by atoms with Crippen molar-refractivity contribution in [2.75, 3.05) is 43.7 Å². The van der Waals surface area contributed by atoms with Crippen LogP contribution < -0.4 is 15.0 Å². The molecule has 2 aliphatic rings. The summed E-state index contributed by atoms with van der Waals surface area (Å²) in [6, 6.07) is 7.35. The van der Waals surface area contributed by atoms with E-state index in [0.29, 0.717) is 31.4 Å². The van der Waals surface area contributed by atoms with E-state index in [0.717, 1.165) is 34.5 Å². The molecule has 10 heteroatoms. The van der Waals surface area contributed by atoms with Gasteiger partial charge in [-0.05, 0) is 37.6 Å². The third-order valence-electron chi connectivity index (χ3n) is 5.89. The number of aryl methyl sites for hydroxylation is 1. The van der Waals surface area contributed by atoms with Gasteiger partial charge in [0.25, 0.3) is 5.88 Å². The number of morpholine rings is 1. The van der Waals surface area contributed by atoms with Crippen LogP contribution in [-0.4, -0.2) is 60.4 Å². The van der Waals surface area contributed by atoms with E-state index in [2.05, 4.69) is 21.3 Å². The van der Waals surface area contributed by atoms with Gasteiger partial charge < -0.3 is 24.4 Å². The average molecular weight is 470 g/mol. The van der Waals surface area contributed by atoms with Crippen molar-refractivity contribution in [2.45, 2.75) is 25.9 Å². The lowest BCUT2D eigenvalue weighted by Crippen LogP contribution is -2.51. The molecular formula is C23H24ClN5O4. The number of nitrogens with one attached hydrogen (secondary N) is 1. The Bertz CT molecular complexity index is 1240. The van der Waals surface area contributed by atoms with E-state index in [1.807, 2.05) is 19.9 Å². The number of carbonyl (C=O) groups is 1. The molecule has 0 bridgehead atoms. The third-order valence-corrected chi connectivity index (χ3v) is 6.10. The van der Waals surface area contributed by atoms with E-state index in [4.69, 9.17) is 35.8 Å². The summed E-state index contributed by atoms with van der Waals surface area (Å²) in [6.45, 7) is 6.57. The smallest absolute Gasteiger partial charge is 0.358 e. The normalized spacial score (nSPS) is 18.2. The Balaban J connectivity index is 1.54. The van der Waals surface area contributed by atoms with E-state index in [9.17, 15) is 4.79 Å². The zero-order valence-electron chi connectivity index (χ0n) is 18.6.